The van der Waals surface area contributed by atoms with Gasteiger partial charge in [0.05, 0.1) is 11.3 Å². The lowest BCUT2D eigenvalue weighted by Crippen LogP contribution is -2.20. The lowest BCUT2D eigenvalue weighted by molar-refractivity contribution is 0.0985. The quantitative estimate of drug-likeness (QED) is 0.396. The van der Waals surface area contributed by atoms with E-state index >= 15 is 0 Å². The highest BCUT2D eigenvalue weighted by Crippen LogP contribution is 2.27. The van der Waals surface area contributed by atoms with Gasteiger partial charge >= 0.3 is 0 Å². The topological polar surface area (TPSA) is 61.4 Å². The Labute approximate surface area is 193 Å². The fraction of sp³-hybridized carbons (Fsp3) is 0.0909. The van der Waals surface area contributed by atoms with Gasteiger partial charge in [-0.05, 0) is 60.7 Å². The zero-order valence-corrected chi connectivity index (χ0v) is 19.4. The summed E-state index contributed by atoms with van der Waals surface area (Å²) >= 11 is 10.5. The van der Waals surface area contributed by atoms with Crippen LogP contribution in [0.2, 0.25) is 5.02 Å². The summed E-state index contributed by atoms with van der Waals surface area (Å²) in [4.78, 5) is 27.2. The van der Waals surface area contributed by atoms with Crippen molar-refractivity contribution >= 4 is 68.4 Å². The van der Waals surface area contributed by atoms with Gasteiger partial charge in [-0.2, -0.15) is 0 Å². The summed E-state index contributed by atoms with van der Waals surface area (Å²) in [6.07, 6.45) is 1.76. The van der Waals surface area contributed by atoms with Crippen molar-refractivity contribution in [1.29, 1.82) is 0 Å². The Morgan fingerprint density at radius 1 is 0.967 bits per heavy atom. The van der Waals surface area contributed by atoms with Gasteiger partial charge in [0.1, 0.15) is 0 Å². The number of amides is 2. The highest BCUT2D eigenvalue weighted by molar-refractivity contribution is 9.10. The van der Waals surface area contributed by atoms with Gasteiger partial charge in [-0.25, -0.2) is 0 Å². The van der Waals surface area contributed by atoms with E-state index < -0.39 is 0 Å². The zero-order chi connectivity index (χ0) is 21.7. The summed E-state index contributed by atoms with van der Waals surface area (Å²) in [6.45, 7) is 0. The van der Waals surface area contributed by atoms with Crippen LogP contribution in [0.25, 0.3) is 0 Å². The summed E-state index contributed by atoms with van der Waals surface area (Å²) in [5.74, 6) is -0.586. The Kier molecular flexibility index (Phi) is 7.42. The van der Waals surface area contributed by atoms with Crippen molar-refractivity contribution in [1.82, 2.24) is 4.72 Å². The summed E-state index contributed by atoms with van der Waals surface area (Å²) in [5.41, 5.74) is 3.09. The number of rotatable bonds is 6. The number of anilines is 3. The molecule has 0 atom stereocenters. The van der Waals surface area contributed by atoms with Crippen LogP contribution in [0, 0.1) is 0 Å². The van der Waals surface area contributed by atoms with Crippen molar-refractivity contribution in [3.8, 4) is 0 Å². The van der Waals surface area contributed by atoms with Gasteiger partial charge in [0.2, 0.25) is 0 Å². The van der Waals surface area contributed by atoms with E-state index in [9.17, 15) is 9.59 Å². The number of hydrogen-bond donors (Lipinski definition) is 2. The molecule has 5 nitrogen and oxygen atoms in total. The molecule has 0 saturated heterocycles. The predicted molar refractivity (Wildman–Crippen MR) is 129 cm³/mol. The fourth-order valence-electron chi connectivity index (χ4n) is 2.83. The first-order chi connectivity index (χ1) is 14.4. The van der Waals surface area contributed by atoms with Gasteiger partial charge in [-0.15, -0.1) is 0 Å². The molecule has 3 aromatic rings. The molecule has 0 aromatic heterocycles. The molecule has 0 fully saturated rings. The first kappa shape index (κ1) is 22.2. The maximum Gasteiger partial charge on any atom is 0.263 e. The number of carbonyl (C=O) groups is 2. The third-order valence-corrected chi connectivity index (χ3v) is 5.51. The minimum Gasteiger partial charge on any atom is -0.345 e. The average Bonchev–Trinajstić information content (AvgIpc) is 2.75. The van der Waals surface area contributed by atoms with Gasteiger partial charge in [-0.3, -0.25) is 14.3 Å². The van der Waals surface area contributed by atoms with E-state index in [-0.39, 0.29) is 11.8 Å². The van der Waals surface area contributed by atoms with Gasteiger partial charge in [0.15, 0.2) is 0 Å². The van der Waals surface area contributed by atoms with Crippen molar-refractivity contribution < 1.29 is 9.59 Å². The van der Waals surface area contributed by atoms with E-state index in [2.05, 4.69) is 26.0 Å². The highest BCUT2D eigenvalue weighted by atomic mass is 79.9. The molecule has 0 radical (unpaired) electrons. The molecule has 2 N–H and O–H groups in total. The third-order valence-electron chi connectivity index (χ3n) is 4.38. The molecule has 154 valence electrons. The maximum absolute atomic E-state index is 12.9. The molecule has 0 unspecified atom stereocenters. The molecule has 0 aliphatic heterocycles. The highest BCUT2D eigenvalue weighted by Gasteiger charge is 2.16. The summed E-state index contributed by atoms with van der Waals surface area (Å²) in [5, 5.41) is 3.50. The van der Waals surface area contributed by atoms with E-state index in [1.54, 1.807) is 36.6 Å². The normalized spacial score (nSPS) is 10.4. The second kappa shape index (κ2) is 10.0. The zero-order valence-electron chi connectivity index (χ0n) is 16.3. The number of halogens is 2. The fourth-order valence-corrected chi connectivity index (χ4v) is 3.61. The van der Waals surface area contributed by atoms with Crippen LogP contribution in [0.4, 0.5) is 17.1 Å². The molecule has 0 saturated carbocycles. The van der Waals surface area contributed by atoms with Crippen LogP contribution < -0.4 is 14.9 Å². The monoisotopic (exact) mass is 503 g/mol. The number of nitrogens with zero attached hydrogens (tertiary/aromatic N) is 1. The molecule has 3 aromatic carbocycles. The minimum absolute atomic E-state index is 0.282. The number of nitrogens with one attached hydrogen (secondary N) is 2. The van der Waals surface area contributed by atoms with Crippen molar-refractivity contribution in [3.63, 3.8) is 0 Å². The van der Waals surface area contributed by atoms with Gasteiger partial charge in [0.25, 0.3) is 11.8 Å². The van der Waals surface area contributed by atoms with Crippen LogP contribution in [0.1, 0.15) is 20.7 Å². The van der Waals surface area contributed by atoms with E-state index in [4.69, 9.17) is 11.6 Å². The molecular formula is C22H19BrClN3O2S. The van der Waals surface area contributed by atoms with Crippen molar-refractivity contribution in [3.05, 3.63) is 87.4 Å². The van der Waals surface area contributed by atoms with Crippen molar-refractivity contribution in [2.24, 2.45) is 0 Å². The number of benzene rings is 3. The molecular weight excluding hydrogens is 486 g/mol. The van der Waals surface area contributed by atoms with Crippen LogP contribution >= 0.6 is 39.5 Å². The second-order valence-electron chi connectivity index (χ2n) is 6.37. The van der Waals surface area contributed by atoms with Crippen LogP contribution in [0.15, 0.2) is 71.2 Å². The van der Waals surface area contributed by atoms with Gasteiger partial charge < -0.3 is 10.2 Å². The molecule has 8 heteroatoms. The van der Waals surface area contributed by atoms with Crippen LogP contribution in [-0.4, -0.2) is 25.1 Å². The van der Waals surface area contributed by atoms with Gasteiger partial charge in [-0.1, -0.05) is 45.5 Å². The molecule has 30 heavy (non-hydrogen) atoms. The Morgan fingerprint density at radius 2 is 1.70 bits per heavy atom. The largest absolute Gasteiger partial charge is 0.345 e. The second-order valence-corrected chi connectivity index (χ2v) is 8.33. The average molecular weight is 505 g/mol. The molecule has 0 aliphatic rings. The molecule has 0 aliphatic carbocycles. The molecule has 0 heterocycles. The molecule has 0 spiro atoms. The summed E-state index contributed by atoms with van der Waals surface area (Å²) in [6, 6.07) is 19.9. The van der Waals surface area contributed by atoms with Crippen LogP contribution in [0.3, 0.4) is 0 Å². The number of hydrogen-bond acceptors (Lipinski definition) is 4. The Balaban J connectivity index is 1.84. The first-order valence-electron chi connectivity index (χ1n) is 8.92. The van der Waals surface area contributed by atoms with E-state index in [0.717, 1.165) is 15.8 Å². The first-order valence-corrected chi connectivity index (χ1v) is 11.3. The van der Waals surface area contributed by atoms with Gasteiger partial charge in [0, 0.05) is 39.7 Å². The van der Waals surface area contributed by atoms with Crippen LogP contribution in [-0.2, 0) is 0 Å². The van der Waals surface area contributed by atoms with E-state index in [1.165, 1.54) is 11.9 Å². The lowest BCUT2D eigenvalue weighted by Gasteiger charge is -2.20. The minimum atomic E-state index is -0.304. The smallest absolute Gasteiger partial charge is 0.263 e. The van der Waals surface area contributed by atoms with E-state index in [1.807, 2.05) is 48.3 Å². The predicted octanol–water partition coefficient (Wildman–Crippen LogP) is 6.13. The third kappa shape index (κ3) is 5.36. The summed E-state index contributed by atoms with van der Waals surface area (Å²) in [7, 11) is 1.92. The Bertz CT molecular complexity index is 1080. The van der Waals surface area contributed by atoms with Crippen molar-refractivity contribution in [2.45, 2.75) is 0 Å². The molecule has 2 amide bonds. The standard InChI is InChI=1S/C22H19BrClN3O2S/c1-27(17-9-7-16(24)8-10-17)18-5-3-4-14(12-18)21(28)25-20-11-6-15(23)13-19(20)22(29)26-30-2/h3-13H,1-2H3,(H,25,28)(H,26,29). The SMILES string of the molecule is CSNC(=O)c1cc(Br)ccc1NC(=O)c1cccc(N(C)c2ccc(Cl)cc2)c1. The van der Waals surface area contributed by atoms with Crippen LogP contribution in [0.5, 0.6) is 0 Å². The summed E-state index contributed by atoms with van der Waals surface area (Å²) < 4.78 is 3.43. The molecule has 3 rings (SSSR count). The van der Waals surface area contributed by atoms with Crippen molar-refractivity contribution in [2.75, 3.05) is 23.5 Å². The maximum atomic E-state index is 12.9. The Morgan fingerprint density at radius 3 is 2.40 bits per heavy atom. The number of carbonyl (C=O) groups excluding carboxylic acids is 2. The molecule has 0 bridgehead atoms. The lowest BCUT2D eigenvalue weighted by atomic mass is 10.1. The van der Waals surface area contributed by atoms with E-state index in [0.29, 0.717) is 21.8 Å². The Hall–Kier alpha value is -2.48.